The molecule has 0 unspecified atom stereocenters. The summed E-state index contributed by atoms with van der Waals surface area (Å²) in [7, 11) is 0. The van der Waals surface area contributed by atoms with Gasteiger partial charge in [0.25, 0.3) is 0 Å². The highest BCUT2D eigenvalue weighted by atomic mass is 16.5. The molecule has 0 heterocycles. The minimum absolute atomic E-state index is 0.289. The summed E-state index contributed by atoms with van der Waals surface area (Å²) in [5.74, 6) is -0.426. The largest absolute Gasteiger partial charge is 0.493 e. The van der Waals surface area contributed by atoms with Gasteiger partial charge in [-0.05, 0) is 25.0 Å². The van der Waals surface area contributed by atoms with Gasteiger partial charge in [-0.3, -0.25) is 0 Å². The van der Waals surface area contributed by atoms with Crippen LogP contribution in [0.1, 0.15) is 74.2 Å². The number of aryl methyl sites for hydroxylation is 1. The number of ether oxygens (including phenoxy) is 1. The molecule has 1 N–H and O–H groups in total. The monoisotopic (exact) mass is 292 g/mol. The molecule has 0 bridgehead atoms. The Morgan fingerprint density at radius 3 is 2.29 bits per heavy atom. The van der Waals surface area contributed by atoms with Gasteiger partial charge in [-0.25, -0.2) is 4.79 Å². The molecule has 0 saturated heterocycles. The van der Waals surface area contributed by atoms with Crippen molar-refractivity contribution >= 4 is 5.97 Å². The van der Waals surface area contributed by atoms with Crippen LogP contribution in [-0.4, -0.2) is 17.7 Å². The van der Waals surface area contributed by atoms with E-state index in [1.807, 2.05) is 6.07 Å². The number of hydrogen-bond acceptors (Lipinski definition) is 2. The zero-order valence-corrected chi connectivity index (χ0v) is 13.4. The normalized spacial score (nSPS) is 10.6. The molecule has 0 saturated carbocycles. The van der Waals surface area contributed by atoms with Crippen molar-refractivity contribution in [1.82, 2.24) is 0 Å². The molecule has 21 heavy (non-hydrogen) atoms. The van der Waals surface area contributed by atoms with Crippen LogP contribution in [0, 0.1) is 6.92 Å². The molecule has 0 amide bonds. The fourth-order valence-corrected chi connectivity index (χ4v) is 2.45. The maximum Gasteiger partial charge on any atom is 0.339 e. The number of carboxylic acids is 1. The molecule has 0 radical (unpaired) electrons. The average Bonchev–Trinajstić information content (AvgIpc) is 2.45. The first-order valence-corrected chi connectivity index (χ1v) is 8.12. The molecular formula is C18H28O3. The van der Waals surface area contributed by atoms with Crippen LogP contribution < -0.4 is 4.74 Å². The maximum atomic E-state index is 11.2. The van der Waals surface area contributed by atoms with Crippen molar-refractivity contribution in [2.45, 2.75) is 65.2 Å². The van der Waals surface area contributed by atoms with E-state index in [0.717, 1.165) is 18.4 Å². The SMILES string of the molecule is CCCCCCCCCCOc1cccc(C)c1C(=O)O. The topological polar surface area (TPSA) is 46.5 Å². The summed E-state index contributed by atoms with van der Waals surface area (Å²) in [6.07, 6.45) is 9.98. The first-order valence-electron chi connectivity index (χ1n) is 8.12. The number of carbonyl (C=O) groups is 1. The Kier molecular flexibility index (Phi) is 8.56. The van der Waals surface area contributed by atoms with Crippen LogP contribution in [0.15, 0.2) is 18.2 Å². The summed E-state index contributed by atoms with van der Waals surface area (Å²) in [4.78, 5) is 11.2. The summed E-state index contributed by atoms with van der Waals surface area (Å²) in [6.45, 7) is 4.62. The summed E-state index contributed by atoms with van der Waals surface area (Å²) >= 11 is 0. The molecule has 0 aliphatic carbocycles. The van der Waals surface area contributed by atoms with Crippen LogP contribution in [0.3, 0.4) is 0 Å². The quantitative estimate of drug-likeness (QED) is 0.569. The van der Waals surface area contributed by atoms with E-state index in [1.165, 1.54) is 38.5 Å². The van der Waals surface area contributed by atoms with Crippen molar-refractivity contribution in [2.24, 2.45) is 0 Å². The zero-order chi connectivity index (χ0) is 15.5. The van der Waals surface area contributed by atoms with E-state index in [1.54, 1.807) is 19.1 Å². The van der Waals surface area contributed by atoms with Crippen LogP contribution >= 0.6 is 0 Å². The summed E-state index contributed by atoms with van der Waals surface area (Å²) in [5, 5.41) is 9.21. The average molecular weight is 292 g/mol. The van der Waals surface area contributed by atoms with E-state index in [9.17, 15) is 9.90 Å². The van der Waals surface area contributed by atoms with Gasteiger partial charge in [0, 0.05) is 0 Å². The third-order valence-corrected chi connectivity index (χ3v) is 3.70. The lowest BCUT2D eigenvalue weighted by Gasteiger charge is -2.10. The second-order valence-electron chi connectivity index (χ2n) is 5.58. The fourth-order valence-electron chi connectivity index (χ4n) is 2.45. The van der Waals surface area contributed by atoms with Crippen molar-refractivity contribution in [3.05, 3.63) is 29.3 Å². The molecule has 0 aromatic heterocycles. The van der Waals surface area contributed by atoms with Crippen LogP contribution in [0.5, 0.6) is 5.75 Å². The molecule has 0 fully saturated rings. The van der Waals surface area contributed by atoms with Crippen LogP contribution in [0.4, 0.5) is 0 Å². The first-order chi connectivity index (χ1) is 10.2. The lowest BCUT2D eigenvalue weighted by molar-refractivity contribution is 0.0691. The highest BCUT2D eigenvalue weighted by molar-refractivity contribution is 5.92. The van der Waals surface area contributed by atoms with Crippen molar-refractivity contribution in [2.75, 3.05) is 6.61 Å². The lowest BCUT2D eigenvalue weighted by atomic mass is 10.1. The van der Waals surface area contributed by atoms with Crippen LogP contribution in [0.2, 0.25) is 0 Å². The van der Waals surface area contributed by atoms with E-state index in [2.05, 4.69) is 6.92 Å². The Balaban J connectivity index is 2.21. The van der Waals surface area contributed by atoms with Gasteiger partial charge in [0.15, 0.2) is 0 Å². The Hall–Kier alpha value is -1.51. The van der Waals surface area contributed by atoms with Gasteiger partial charge in [-0.2, -0.15) is 0 Å². The molecule has 118 valence electrons. The Morgan fingerprint density at radius 1 is 1.05 bits per heavy atom. The molecule has 0 atom stereocenters. The number of carboxylic acid groups (broad SMARTS) is 1. The van der Waals surface area contributed by atoms with E-state index in [0.29, 0.717) is 12.4 Å². The van der Waals surface area contributed by atoms with Crippen molar-refractivity contribution in [3.8, 4) is 5.75 Å². The van der Waals surface area contributed by atoms with Crippen molar-refractivity contribution in [1.29, 1.82) is 0 Å². The van der Waals surface area contributed by atoms with E-state index in [-0.39, 0.29) is 5.56 Å². The van der Waals surface area contributed by atoms with E-state index >= 15 is 0 Å². The van der Waals surface area contributed by atoms with Crippen LogP contribution in [0.25, 0.3) is 0 Å². The van der Waals surface area contributed by atoms with Crippen molar-refractivity contribution in [3.63, 3.8) is 0 Å². The standard InChI is InChI=1S/C18H28O3/c1-3-4-5-6-7-8-9-10-14-21-16-13-11-12-15(2)17(16)18(19)20/h11-13H,3-10,14H2,1-2H3,(H,19,20). The molecule has 3 heteroatoms. The molecular weight excluding hydrogens is 264 g/mol. The molecule has 1 aromatic carbocycles. The highest BCUT2D eigenvalue weighted by Crippen LogP contribution is 2.22. The van der Waals surface area contributed by atoms with Crippen molar-refractivity contribution < 1.29 is 14.6 Å². The van der Waals surface area contributed by atoms with Crippen LogP contribution in [-0.2, 0) is 0 Å². The molecule has 1 rings (SSSR count). The summed E-state index contributed by atoms with van der Waals surface area (Å²) in [6, 6.07) is 5.37. The summed E-state index contributed by atoms with van der Waals surface area (Å²) < 4.78 is 5.64. The van der Waals surface area contributed by atoms with Gasteiger partial charge in [0.1, 0.15) is 11.3 Å². The number of benzene rings is 1. The number of aromatic carboxylic acids is 1. The van der Waals surface area contributed by atoms with Gasteiger partial charge in [0.05, 0.1) is 6.61 Å². The minimum atomic E-state index is -0.918. The summed E-state index contributed by atoms with van der Waals surface area (Å²) in [5.41, 5.74) is 1.04. The third kappa shape index (κ3) is 6.65. The highest BCUT2D eigenvalue weighted by Gasteiger charge is 2.13. The third-order valence-electron chi connectivity index (χ3n) is 3.70. The Bertz CT molecular complexity index is 426. The predicted octanol–water partition coefficient (Wildman–Crippen LogP) is 5.21. The molecule has 0 spiro atoms. The first kappa shape index (κ1) is 17.5. The number of hydrogen-bond donors (Lipinski definition) is 1. The number of rotatable bonds is 11. The van der Waals surface area contributed by atoms with E-state index < -0.39 is 5.97 Å². The van der Waals surface area contributed by atoms with Gasteiger partial charge >= 0.3 is 5.97 Å². The fraction of sp³-hybridized carbons (Fsp3) is 0.611. The predicted molar refractivity (Wildman–Crippen MR) is 86.2 cm³/mol. The second-order valence-corrected chi connectivity index (χ2v) is 5.58. The number of unbranched alkanes of at least 4 members (excludes halogenated alkanes) is 7. The Morgan fingerprint density at radius 2 is 1.67 bits per heavy atom. The molecule has 0 aliphatic rings. The molecule has 0 aliphatic heterocycles. The maximum absolute atomic E-state index is 11.2. The molecule has 1 aromatic rings. The zero-order valence-electron chi connectivity index (χ0n) is 13.4. The minimum Gasteiger partial charge on any atom is -0.493 e. The van der Waals surface area contributed by atoms with Gasteiger partial charge in [-0.1, -0.05) is 64.0 Å². The second kappa shape index (κ2) is 10.3. The van der Waals surface area contributed by atoms with Gasteiger partial charge in [-0.15, -0.1) is 0 Å². The van der Waals surface area contributed by atoms with Gasteiger partial charge in [0.2, 0.25) is 0 Å². The molecule has 3 nitrogen and oxygen atoms in total. The smallest absolute Gasteiger partial charge is 0.339 e. The van der Waals surface area contributed by atoms with Gasteiger partial charge < -0.3 is 9.84 Å². The lowest BCUT2D eigenvalue weighted by Crippen LogP contribution is -2.06. The van der Waals surface area contributed by atoms with E-state index in [4.69, 9.17) is 4.74 Å². The Labute approximate surface area is 128 Å².